The first-order valence-electron chi connectivity index (χ1n) is 5.10. The van der Waals surface area contributed by atoms with Crippen LogP contribution < -0.4 is 0 Å². The Morgan fingerprint density at radius 1 is 1.29 bits per heavy atom. The first-order chi connectivity index (χ1) is 6.86. The molecule has 14 heavy (non-hydrogen) atoms. The zero-order chi connectivity index (χ0) is 9.54. The van der Waals surface area contributed by atoms with Gasteiger partial charge in [0.1, 0.15) is 5.76 Å². The van der Waals surface area contributed by atoms with Crippen molar-refractivity contribution in [2.24, 2.45) is 5.92 Å². The van der Waals surface area contributed by atoms with E-state index in [9.17, 15) is 4.79 Å². The Morgan fingerprint density at radius 3 is 3.14 bits per heavy atom. The Labute approximate surface area is 82.4 Å². The van der Waals surface area contributed by atoms with E-state index in [2.05, 4.69) is 0 Å². The van der Waals surface area contributed by atoms with Crippen molar-refractivity contribution >= 4 is 5.78 Å². The van der Waals surface area contributed by atoms with Crippen molar-refractivity contribution in [1.29, 1.82) is 0 Å². The van der Waals surface area contributed by atoms with Crippen molar-refractivity contribution in [3.05, 3.63) is 23.2 Å². The zero-order valence-corrected chi connectivity index (χ0v) is 7.91. The van der Waals surface area contributed by atoms with Gasteiger partial charge in [-0.05, 0) is 12.8 Å². The van der Waals surface area contributed by atoms with Crippen molar-refractivity contribution in [3.8, 4) is 0 Å². The number of allylic oxidation sites excluding steroid dienone is 3. The average molecular weight is 192 g/mol. The second-order valence-electron chi connectivity index (χ2n) is 3.90. The van der Waals surface area contributed by atoms with E-state index >= 15 is 0 Å². The molecule has 2 fully saturated rings. The summed E-state index contributed by atoms with van der Waals surface area (Å²) < 4.78 is 11.1. The number of hydrogen-bond acceptors (Lipinski definition) is 3. The van der Waals surface area contributed by atoms with Crippen molar-refractivity contribution in [2.45, 2.75) is 19.3 Å². The van der Waals surface area contributed by atoms with Crippen molar-refractivity contribution in [2.75, 3.05) is 13.2 Å². The fourth-order valence-corrected chi connectivity index (χ4v) is 2.29. The van der Waals surface area contributed by atoms with Crippen LogP contribution in [0.2, 0.25) is 0 Å². The summed E-state index contributed by atoms with van der Waals surface area (Å²) >= 11 is 0. The SMILES string of the molecule is O=C1CCOC2=C3OCCC3CC=C12. The number of carbonyl (C=O) groups is 1. The van der Waals surface area contributed by atoms with Gasteiger partial charge in [-0.25, -0.2) is 0 Å². The first kappa shape index (κ1) is 8.09. The maximum atomic E-state index is 11.6. The van der Waals surface area contributed by atoms with Gasteiger partial charge in [0, 0.05) is 12.3 Å². The molecule has 0 radical (unpaired) electrons. The van der Waals surface area contributed by atoms with Gasteiger partial charge in [-0.15, -0.1) is 0 Å². The second kappa shape index (κ2) is 2.87. The Balaban J connectivity index is 2.05. The van der Waals surface area contributed by atoms with Crippen LogP contribution in [0.5, 0.6) is 0 Å². The summed E-state index contributed by atoms with van der Waals surface area (Å²) in [5, 5.41) is 0. The van der Waals surface area contributed by atoms with Gasteiger partial charge in [-0.2, -0.15) is 0 Å². The lowest BCUT2D eigenvalue weighted by atomic mass is 9.89. The Bertz CT molecular complexity index is 352. The predicted molar refractivity (Wildman–Crippen MR) is 49.4 cm³/mol. The summed E-state index contributed by atoms with van der Waals surface area (Å²) in [7, 11) is 0. The highest BCUT2D eigenvalue weighted by Gasteiger charge is 2.35. The molecule has 0 spiro atoms. The van der Waals surface area contributed by atoms with E-state index < -0.39 is 0 Å². The molecule has 0 aromatic rings. The minimum Gasteiger partial charge on any atom is -0.494 e. The maximum Gasteiger partial charge on any atom is 0.169 e. The molecule has 0 aromatic carbocycles. The molecule has 2 aliphatic heterocycles. The van der Waals surface area contributed by atoms with E-state index in [1.807, 2.05) is 6.08 Å². The lowest BCUT2D eigenvalue weighted by molar-refractivity contribution is -0.118. The normalized spacial score (nSPS) is 30.1. The molecular formula is C11H12O3. The number of fused-ring (bicyclic) bond motifs is 2. The molecule has 74 valence electrons. The van der Waals surface area contributed by atoms with E-state index in [1.54, 1.807) is 0 Å². The molecule has 0 bridgehead atoms. The lowest BCUT2D eigenvalue weighted by Gasteiger charge is -2.25. The lowest BCUT2D eigenvalue weighted by Crippen LogP contribution is -2.22. The summed E-state index contributed by atoms with van der Waals surface area (Å²) in [4.78, 5) is 11.6. The molecule has 0 aromatic heterocycles. The van der Waals surface area contributed by atoms with Crippen molar-refractivity contribution in [1.82, 2.24) is 0 Å². The van der Waals surface area contributed by atoms with Crippen LogP contribution in [0.1, 0.15) is 19.3 Å². The Kier molecular flexibility index (Phi) is 1.66. The third kappa shape index (κ3) is 1.01. The molecule has 1 aliphatic carbocycles. The van der Waals surface area contributed by atoms with Gasteiger partial charge in [0.15, 0.2) is 11.5 Å². The zero-order valence-electron chi connectivity index (χ0n) is 7.91. The van der Waals surface area contributed by atoms with Crippen LogP contribution in [0, 0.1) is 5.92 Å². The van der Waals surface area contributed by atoms with Crippen LogP contribution in [-0.4, -0.2) is 19.0 Å². The molecule has 1 unspecified atom stereocenters. The Hall–Kier alpha value is -1.25. The summed E-state index contributed by atoms with van der Waals surface area (Å²) in [6, 6.07) is 0. The van der Waals surface area contributed by atoms with Gasteiger partial charge in [0.25, 0.3) is 0 Å². The van der Waals surface area contributed by atoms with Gasteiger partial charge in [-0.1, -0.05) is 6.08 Å². The average Bonchev–Trinajstić information content (AvgIpc) is 2.66. The molecule has 2 saturated heterocycles. The maximum absolute atomic E-state index is 11.6. The number of Topliss-reactive ketones (excluding diaryl/α,β-unsaturated/α-hetero) is 1. The summed E-state index contributed by atoms with van der Waals surface area (Å²) in [5.74, 6) is 2.32. The minimum absolute atomic E-state index is 0.202. The first-order valence-corrected chi connectivity index (χ1v) is 5.10. The highest BCUT2D eigenvalue weighted by Crippen LogP contribution is 2.39. The molecule has 3 aliphatic rings. The van der Waals surface area contributed by atoms with Gasteiger partial charge >= 0.3 is 0 Å². The second-order valence-corrected chi connectivity index (χ2v) is 3.90. The quantitative estimate of drug-likeness (QED) is 0.584. The van der Waals surface area contributed by atoms with Gasteiger partial charge < -0.3 is 9.47 Å². The largest absolute Gasteiger partial charge is 0.494 e. The van der Waals surface area contributed by atoms with E-state index in [1.165, 1.54) is 0 Å². The van der Waals surface area contributed by atoms with Crippen LogP contribution in [0.3, 0.4) is 0 Å². The third-order valence-electron chi connectivity index (χ3n) is 3.05. The van der Waals surface area contributed by atoms with Crippen LogP contribution in [0.4, 0.5) is 0 Å². The van der Waals surface area contributed by atoms with Crippen molar-refractivity contribution < 1.29 is 14.3 Å². The number of ether oxygens (including phenoxy) is 2. The van der Waals surface area contributed by atoms with E-state index in [-0.39, 0.29) is 5.78 Å². The standard InChI is InChI=1S/C11H12O3/c12-9-4-6-14-11-8(9)2-1-7-3-5-13-10(7)11/h2,7H,1,3-6H2. The molecule has 2 heterocycles. The third-order valence-corrected chi connectivity index (χ3v) is 3.05. The monoisotopic (exact) mass is 192 g/mol. The summed E-state index contributed by atoms with van der Waals surface area (Å²) in [5.41, 5.74) is 0.754. The van der Waals surface area contributed by atoms with E-state index in [0.717, 1.165) is 36.5 Å². The highest BCUT2D eigenvalue weighted by molar-refractivity contribution is 6.00. The van der Waals surface area contributed by atoms with Crippen LogP contribution in [0.25, 0.3) is 0 Å². The van der Waals surface area contributed by atoms with E-state index in [4.69, 9.17) is 9.47 Å². The van der Waals surface area contributed by atoms with Gasteiger partial charge in [0.05, 0.1) is 18.8 Å². The molecule has 1 atom stereocenters. The summed E-state index contributed by atoms with van der Waals surface area (Å²) in [6.45, 7) is 1.27. The molecule has 0 amide bonds. The predicted octanol–water partition coefficient (Wildman–Crippen LogP) is 1.55. The minimum atomic E-state index is 0.202. The number of hydrogen-bond donors (Lipinski definition) is 0. The molecular weight excluding hydrogens is 180 g/mol. The fraction of sp³-hybridized carbons (Fsp3) is 0.545. The van der Waals surface area contributed by atoms with Crippen LogP contribution in [-0.2, 0) is 14.3 Å². The summed E-state index contributed by atoms with van der Waals surface area (Å²) in [6.07, 6.45) is 4.51. The van der Waals surface area contributed by atoms with Gasteiger partial charge in [0.2, 0.25) is 0 Å². The number of carbonyl (C=O) groups excluding carboxylic acids is 1. The fourth-order valence-electron chi connectivity index (χ4n) is 2.29. The number of rotatable bonds is 0. The molecule has 3 nitrogen and oxygen atoms in total. The van der Waals surface area contributed by atoms with Crippen LogP contribution >= 0.6 is 0 Å². The van der Waals surface area contributed by atoms with Crippen molar-refractivity contribution in [3.63, 3.8) is 0 Å². The topological polar surface area (TPSA) is 35.5 Å². The van der Waals surface area contributed by atoms with Crippen LogP contribution in [0.15, 0.2) is 23.2 Å². The van der Waals surface area contributed by atoms with Gasteiger partial charge in [-0.3, -0.25) is 4.79 Å². The highest BCUT2D eigenvalue weighted by atomic mass is 16.5. The Morgan fingerprint density at radius 2 is 2.21 bits per heavy atom. The molecule has 3 heteroatoms. The molecule has 0 saturated carbocycles. The smallest absolute Gasteiger partial charge is 0.169 e. The molecule has 3 rings (SSSR count). The van der Waals surface area contributed by atoms with E-state index in [0.29, 0.717) is 18.9 Å². The number of ketones is 1. The molecule has 0 N–H and O–H groups in total.